The third-order valence-electron chi connectivity index (χ3n) is 2.23. The molecule has 0 bridgehead atoms. The average Bonchev–Trinajstić information content (AvgIpc) is 2.20. The van der Waals surface area contributed by atoms with Crippen molar-refractivity contribution < 1.29 is 9.18 Å². The number of halogens is 1. The summed E-state index contributed by atoms with van der Waals surface area (Å²) in [5, 5.41) is 0. The van der Waals surface area contributed by atoms with Crippen molar-refractivity contribution in [3.63, 3.8) is 0 Å². The van der Waals surface area contributed by atoms with Gasteiger partial charge < -0.3 is 0 Å². The number of carbonyl (C=O) groups is 1. The topological polar surface area (TPSA) is 32.7 Å². The van der Waals surface area contributed by atoms with Crippen LogP contribution in [-0.4, -0.2) is 43.7 Å². The molecule has 0 aromatic rings. The first-order valence-electron chi connectivity index (χ1n) is 4.91. The van der Waals surface area contributed by atoms with Gasteiger partial charge in [0.25, 0.3) is 0 Å². The molecule has 1 aliphatic rings. The molecule has 1 aliphatic heterocycles. The van der Waals surface area contributed by atoms with Crippen molar-refractivity contribution in [1.29, 1.82) is 0 Å². The molecule has 0 saturated carbocycles. The predicted molar refractivity (Wildman–Crippen MR) is 58.8 cm³/mol. The lowest BCUT2D eigenvalue weighted by Gasteiger charge is -2.33. The summed E-state index contributed by atoms with van der Waals surface area (Å²) in [6, 6.07) is 0. The first kappa shape index (κ1) is 11.8. The molecule has 0 aromatic heterocycles. The largest absolute Gasteiger partial charge is 0.297 e. The molecule has 82 valence electrons. The van der Waals surface area contributed by atoms with Crippen molar-refractivity contribution in [2.24, 2.45) is 4.99 Å². The lowest BCUT2D eigenvalue weighted by atomic mass is 10.2. The van der Waals surface area contributed by atoms with E-state index in [9.17, 15) is 9.18 Å². The highest BCUT2D eigenvalue weighted by Gasteiger charge is 2.24. The van der Waals surface area contributed by atoms with Crippen LogP contribution in [0.4, 0.5) is 4.39 Å². The molecule has 0 spiro atoms. The van der Waals surface area contributed by atoms with Crippen molar-refractivity contribution in [3.8, 4) is 0 Å². The number of nitrogens with zero attached hydrogens (tertiary/aromatic N) is 2. The summed E-state index contributed by atoms with van der Waals surface area (Å²) in [5.74, 6) is 0. The van der Waals surface area contributed by atoms with Crippen molar-refractivity contribution in [2.75, 3.05) is 19.6 Å². The van der Waals surface area contributed by atoms with E-state index in [4.69, 9.17) is 0 Å². The molecule has 0 aromatic carbocycles. The van der Waals surface area contributed by atoms with Crippen molar-refractivity contribution >= 4 is 13.0 Å². The average molecular weight is 210 g/mol. The molecule has 1 fully saturated rings. The lowest BCUT2D eigenvalue weighted by Crippen LogP contribution is -2.48. The Morgan fingerprint density at radius 1 is 1.60 bits per heavy atom. The standard InChI is InChI=1S/C11H15FN2O/c1-13-11(9-15)5-3-2-4-6-14-7-10(12)8-14/h2-3,5,9-10H,1,4,6-8H2/b3-2-,11-5-. The van der Waals surface area contributed by atoms with Gasteiger partial charge in [-0.05, 0) is 19.2 Å². The van der Waals surface area contributed by atoms with E-state index >= 15 is 0 Å². The summed E-state index contributed by atoms with van der Waals surface area (Å²) in [6.07, 6.45) is 6.17. The van der Waals surface area contributed by atoms with Gasteiger partial charge in [-0.2, -0.15) is 0 Å². The smallest absolute Gasteiger partial charge is 0.168 e. The Hall–Kier alpha value is -1.29. The number of hydrogen-bond acceptors (Lipinski definition) is 3. The van der Waals surface area contributed by atoms with E-state index in [1.165, 1.54) is 0 Å². The zero-order valence-corrected chi connectivity index (χ0v) is 8.60. The second-order valence-corrected chi connectivity index (χ2v) is 3.44. The summed E-state index contributed by atoms with van der Waals surface area (Å²) in [7, 11) is 0. The van der Waals surface area contributed by atoms with E-state index in [1.807, 2.05) is 11.0 Å². The monoisotopic (exact) mass is 210 g/mol. The van der Waals surface area contributed by atoms with E-state index < -0.39 is 6.17 Å². The highest BCUT2D eigenvalue weighted by atomic mass is 19.1. The third-order valence-corrected chi connectivity index (χ3v) is 2.23. The van der Waals surface area contributed by atoms with Gasteiger partial charge in [0.1, 0.15) is 11.9 Å². The number of aldehydes is 1. The minimum Gasteiger partial charge on any atom is -0.297 e. The van der Waals surface area contributed by atoms with Crippen LogP contribution in [-0.2, 0) is 4.79 Å². The van der Waals surface area contributed by atoms with Crippen LogP contribution in [0.25, 0.3) is 0 Å². The summed E-state index contributed by atoms with van der Waals surface area (Å²) >= 11 is 0. The van der Waals surface area contributed by atoms with Crippen LogP contribution in [0.5, 0.6) is 0 Å². The molecule has 1 saturated heterocycles. The van der Waals surface area contributed by atoms with Gasteiger partial charge in [-0.15, -0.1) is 0 Å². The van der Waals surface area contributed by atoms with E-state index in [1.54, 1.807) is 12.2 Å². The molecule has 3 nitrogen and oxygen atoms in total. The Bertz CT molecular complexity index is 270. The number of rotatable bonds is 6. The Morgan fingerprint density at radius 3 is 2.87 bits per heavy atom. The fourth-order valence-electron chi connectivity index (χ4n) is 1.34. The van der Waals surface area contributed by atoms with Crippen molar-refractivity contribution in [2.45, 2.75) is 12.6 Å². The molecular weight excluding hydrogens is 195 g/mol. The molecule has 1 rings (SSSR count). The minimum atomic E-state index is -0.638. The summed E-state index contributed by atoms with van der Waals surface area (Å²) < 4.78 is 12.4. The van der Waals surface area contributed by atoms with E-state index in [0.29, 0.717) is 25.1 Å². The van der Waals surface area contributed by atoms with Crippen LogP contribution in [0.2, 0.25) is 0 Å². The molecule has 15 heavy (non-hydrogen) atoms. The van der Waals surface area contributed by atoms with E-state index in [2.05, 4.69) is 11.7 Å². The maximum atomic E-state index is 12.4. The van der Waals surface area contributed by atoms with E-state index in [0.717, 1.165) is 13.0 Å². The van der Waals surface area contributed by atoms with Crippen molar-refractivity contribution in [1.82, 2.24) is 4.90 Å². The minimum absolute atomic E-state index is 0.319. The molecule has 4 heteroatoms. The number of allylic oxidation sites excluding steroid dienone is 3. The van der Waals surface area contributed by atoms with Gasteiger partial charge in [-0.25, -0.2) is 4.39 Å². The summed E-state index contributed by atoms with van der Waals surface area (Å²) in [5.41, 5.74) is 0.319. The van der Waals surface area contributed by atoms with Crippen LogP contribution in [0.3, 0.4) is 0 Å². The summed E-state index contributed by atoms with van der Waals surface area (Å²) in [6.45, 7) is 5.23. The van der Waals surface area contributed by atoms with Gasteiger partial charge in [-0.3, -0.25) is 14.7 Å². The number of aliphatic imine (C=N–C) groups is 1. The maximum absolute atomic E-state index is 12.4. The number of likely N-dealkylation sites (tertiary alicyclic amines) is 1. The van der Waals surface area contributed by atoms with Gasteiger partial charge in [0.15, 0.2) is 6.29 Å². The Balaban J connectivity index is 2.14. The maximum Gasteiger partial charge on any atom is 0.168 e. The highest BCUT2D eigenvalue weighted by Crippen LogP contribution is 2.10. The zero-order valence-electron chi connectivity index (χ0n) is 8.60. The Labute approximate surface area is 89.0 Å². The molecule has 1 heterocycles. The fourth-order valence-corrected chi connectivity index (χ4v) is 1.34. The zero-order chi connectivity index (χ0) is 11.1. The van der Waals surface area contributed by atoms with E-state index in [-0.39, 0.29) is 0 Å². The van der Waals surface area contributed by atoms with Crippen LogP contribution in [0, 0.1) is 0 Å². The number of alkyl halides is 1. The summed E-state index contributed by atoms with van der Waals surface area (Å²) in [4.78, 5) is 15.9. The van der Waals surface area contributed by atoms with Crippen LogP contribution in [0.1, 0.15) is 6.42 Å². The number of carbonyl (C=O) groups excluding carboxylic acids is 1. The fraction of sp³-hybridized carbons (Fsp3) is 0.455. The first-order chi connectivity index (χ1) is 7.26. The Morgan fingerprint density at radius 2 is 2.33 bits per heavy atom. The van der Waals surface area contributed by atoms with Gasteiger partial charge in [0.2, 0.25) is 0 Å². The SMILES string of the molecule is C=N/C(C=O)=C\C=C/CCN1CC(F)C1. The molecule has 0 amide bonds. The third kappa shape index (κ3) is 4.16. The van der Waals surface area contributed by atoms with Gasteiger partial charge in [0.05, 0.1) is 0 Å². The molecule has 0 N–H and O–H groups in total. The molecule has 0 aliphatic carbocycles. The van der Waals surface area contributed by atoms with Gasteiger partial charge in [0, 0.05) is 19.6 Å². The predicted octanol–water partition coefficient (Wildman–Crippen LogP) is 1.37. The van der Waals surface area contributed by atoms with Crippen LogP contribution in [0.15, 0.2) is 28.9 Å². The number of hydrogen-bond donors (Lipinski definition) is 0. The van der Waals surface area contributed by atoms with Crippen LogP contribution >= 0.6 is 0 Å². The highest BCUT2D eigenvalue weighted by molar-refractivity contribution is 5.74. The van der Waals surface area contributed by atoms with Gasteiger partial charge >= 0.3 is 0 Å². The van der Waals surface area contributed by atoms with Crippen molar-refractivity contribution in [3.05, 3.63) is 23.9 Å². The van der Waals surface area contributed by atoms with Crippen LogP contribution < -0.4 is 0 Å². The van der Waals surface area contributed by atoms with Gasteiger partial charge in [-0.1, -0.05) is 12.2 Å². The Kier molecular flexibility index (Phi) is 4.90. The first-order valence-corrected chi connectivity index (χ1v) is 4.91. The lowest BCUT2D eigenvalue weighted by molar-refractivity contribution is -0.104. The molecular formula is C11H15FN2O. The molecule has 0 atom stereocenters. The molecule has 0 unspecified atom stereocenters. The normalized spacial score (nSPS) is 19.1. The second-order valence-electron chi connectivity index (χ2n) is 3.44. The quantitative estimate of drug-likeness (QED) is 0.287. The molecule has 0 radical (unpaired) electrons. The second kappa shape index (κ2) is 6.24.